The number of ether oxygens (including phenoxy) is 1. The third kappa shape index (κ3) is 2.86. The Hall–Kier alpha value is -1.86. The fourth-order valence-corrected chi connectivity index (χ4v) is 2.84. The van der Waals surface area contributed by atoms with Crippen LogP contribution in [0.4, 0.5) is 4.39 Å². The Labute approximate surface area is 127 Å². The molecule has 7 heteroatoms. The van der Waals surface area contributed by atoms with Crippen LogP contribution in [0.15, 0.2) is 24.3 Å². The first-order chi connectivity index (χ1) is 10.8. The van der Waals surface area contributed by atoms with Gasteiger partial charge in [-0.25, -0.2) is 9.07 Å². The first kappa shape index (κ1) is 13.8. The predicted octanol–water partition coefficient (Wildman–Crippen LogP) is 1.72. The van der Waals surface area contributed by atoms with Crippen molar-refractivity contribution in [3.63, 3.8) is 0 Å². The second kappa shape index (κ2) is 5.73. The highest BCUT2D eigenvalue weighted by Crippen LogP contribution is 2.34. The zero-order valence-corrected chi connectivity index (χ0v) is 12.2. The van der Waals surface area contributed by atoms with E-state index in [0.29, 0.717) is 12.6 Å². The van der Waals surface area contributed by atoms with E-state index in [2.05, 4.69) is 20.4 Å². The highest BCUT2D eigenvalue weighted by atomic mass is 19.1. The number of aromatic nitrogens is 4. The molecule has 1 aromatic heterocycles. The molecule has 116 valence electrons. The van der Waals surface area contributed by atoms with Gasteiger partial charge in [-0.3, -0.25) is 4.90 Å². The zero-order valence-electron chi connectivity index (χ0n) is 12.2. The summed E-state index contributed by atoms with van der Waals surface area (Å²) in [6.45, 7) is 3.01. The van der Waals surface area contributed by atoms with Crippen LogP contribution in [0, 0.1) is 5.82 Å². The summed E-state index contributed by atoms with van der Waals surface area (Å²) >= 11 is 0. The van der Waals surface area contributed by atoms with Crippen molar-refractivity contribution < 1.29 is 9.13 Å². The highest BCUT2D eigenvalue weighted by molar-refractivity contribution is 5.19. The van der Waals surface area contributed by atoms with Crippen LogP contribution < -0.4 is 0 Å². The van der Waals surface area contributed by atoms with E-state index in [1.807, 2.05) is 4.68 Å². The molecule has 4 rings (SSSR count). The van der Waals surface area contributed by atoms with Gasteiger partial charge in [-0.1, -0.05) is 12.1 Å². The van der Waals surface area contributed by atoms with Gasteiger partial charge in [0, 0.05) is 13.1 Å². The van der Waals surface area contributed by atoms with Crippen LogP contribution in [0.1, 0.15) is 36.4 Å². The van der Waals surface area contributed by atoms with Crippen molar-refractivity contribution in [2.45, 2.75) is 31.5 Å². The van der Waals surface area contributed by atoms with Gasteiger partial charge in [0.2, 0.25) is 0 Å². The monoisotopic (exact) mass is 303 g/mol. The van der Waals surface area contributed by atoms with Crippen LogP contribution in [0.5, 0.6) is 0 Å². The van der Waals surface area contributed by atoms with Crippen molar-refractivity contribution in [2.24, 2.45) is 0 Å². The van der Waals surface area contributed by atoms with Gasteiger partial charge in [0.25, 0.3) is 0 Å². The van der Waals surface area contributed by atoms with Crippen molar-refractivity contribution in [1.29, 1.82) is 0 Å². The van der Waals surface area contributed by atoms with Crippen LogP contribution in [0.3, 0.4) is 0 Å². The quantitative estimate of drug-likeness (QED) is 0.861. The normalized spacial score (nSPS) is 22.9. The van der Waals surface area contributed by atoms with Crippen molar-refractivity contribution >= 4 is 0 Å². The molecule has 0 amide bonds. The molecule has 22 heavy (non-hydrogen) atoms. The minimum Gasteiger partial charge on any atom is -0.371 e. The molecule has 1 aromatic carbocycles. The molecule has 6 nitrogen and oxygen atoms in total. The second-order valence-electron chi connectivity index (χ2n) is 5.92. The van der Waals surface area contributed by atoms with Gasteiger partial charge in [0.05, 0.1) is 25.3 Å². The van der Waals surface area contributed by atoms with Crippen LogP contribution in [-0.4, -0.2) is 44.8 Å². The zero-order chi connectivity index (χ0) is 14.9. The molecular weight excluding hydrogens is 285 g/mol. The lowest BCUT2D eigenvalue weighted by molar-refractivity contribution is -0.0340. The van der Waals surface area contributed by atoms with Crippen LogP contribution in [-0.2, 0) is 11.3 Å². The molecule has 1 aliphatic carbocycles. The van der Waals surface area contributed by atoms with Crippen LogP contribution in [0.25, 0.3) is 0 Å². The Kier molecular flexibility index (Phi) is 3.59. The van der Waals surface area contributed by atoms with Gasteiger partial charge in [0.1, 0.15) is 5.82 Å². The second-order valence-corrected chi connectivity index (χ2v) is 5.92. The number of tetrazole rings is 1. The molecule has 1 atom stereocenters. The van der Waals surface area contributed by atoms with E-state index in [1.165, 1.54) is 25.0 Å². The fourth-order valence-electron chi connectivity index (χ4n) is 2.84. The molecule has 2 fully saturated rings. The molecular formula is C15H18FN5O. The predicted molar refractivity (Wildman–Crippen MR) is 76.5 cm³/mol. The number of nitrogens with zero attached hydrogens (tertiary/aromatic N) is 5. The molecule has 1 aliphatic heterocycles. The van der Waals surface area contributed by atoms with Crippen LogP contribution in [0.2, 0.25) is 0 Å². The van der Waals surface area contributed by atoms with Gasteiger partial charge in [-0.15, -0.1) is 5.10 Å². The molecule has 0 radical (unpaired) electrons. The van der Waals surface area contributed by atoms with Gasteiger partial charge < -0.3 is 4.74 Å². The van der Waals surface area contributed by atoms with E-state index < -0.39 is 0 Å². The van der Waals surface area contributed by atoms with Gasteiger partial charge >= 0.3 is 0 Å². The topological polar surface area (TPSA) is 56.1 Å². The number of benzene rings is 1. The number of hydrogen-bond acceptors (Lipinski definition) is 5. The Balaban J connectivity index is 1.44. The van der Waals surface area contributed by atoms with E-state index in [9.17, 15) is 4.39 Å². The maximum Gasteiger partial charge on any atom is 0.165 e. The van der Waals surface area contributed by atoms with E-state index in [-0.39, 0.29) is 11.9 Å². The van der Waals surface area contributed by atoms with Crippen molar-refractivity contribution in [1.82, 2.24) is 25.1 Å². The van der Waals surface area contributed by atoms with Crippen molar-refractivity contribution in [2.75, 3.05) is 19.7 Å². The third-order valence-corrected chi connectivity index (χ3v) is 4.21. The first-order valence-corrected chi connectivity index (χ1v) is 7.66. The summed E-state index contributed by atoms with van der Waals surface area (Å²) in [6.07, 6.45) is 2.30. The number of morpholine rings is 1. The summed E-state index contributed by atoms with van der Waals surface area (Å²) in [5.41, 5.74) is 1.01. The Morgan fingerprint density at radius 3 is 2.82 bits per heavy atom. The minimum atomic E-state index is -0.222. The lowest BCUT2D eigenvalue weighted by Gasteiger charge is -2.32. The van der Waals surface area contributed by atoms with Gasteiger partial charge in [-0.2, -0.15) is 0 Å². The first-order valence-electron chi connectivity index (χ1n) is 7.66. The Morgan fingerprint density at radius 1 is 1.23 bits per heavy atom. The summed E-state index contributed by atoms with van der Waals surface area (Å²) in [4.78, 5) is 2.29. The van der Waals surface area contributed by atoms with E-state index in [1.54, 1.807) is 12.1 Å². The highest BCUT2D eigenvalue weighted by Gasteiger charge is 2.29. The summed E-state index contributed by atoms with van der Waals surface area (Å²) in [5, 5.41) is 12.0. The van der Waals surface area contributed by atoms with Gasteiger partial charge in [-0.05, 0) is 41.0 Å². The van der Waals surface area contributed by atoms with E-state index >= 15 is 0 Å². The van der Waals surface area contributed by atoms with Crippen molar-refractivity contribution in [3.8, 4) is 0 Å². The average Bonchev–Trinajstić information content (AvgIpc) is 3.28. The maximum atomic E-state index is 13.0. The lowest BCUT2D eigenvalue weighted by Crippen LogP contribution is -2.38. The molecule has 2 aliphatic rings. The maximum absolute atomic E-state index is 13.0. The standard InChI is InChI=1S/C15H18FN5O/c16-12-3-1-11(2-4-12)14-9-20(7-8-22-14)10-15-17-18-19-21(15)13-5-6-13/h1-4,13-14H,5-10H2. The molecule has 2 heterocycles. The summed E-state index contributed by atoms with van der Waals surface area (Å²) in [6, 6.07) is 7.02. The summed E-state index contributed by atoms with van der Waals surface area (Å²) < 4.78 is 20.8. The minimum absolute atomic E-state index is 0.0281. The third-order valence-electron chi connectivity index (χ3n) is 4.21. The number of hydrogen-bond donors (Lipinski definition) is 0. The smallest absolute Gasteiger partial charge is 0.165 e. The molecule has 0 spiro atoms. The molecule has 0 bridgehead atoms. The SMILES string of the molecule is Fc1ccc(C2CN(Cc3nnnn3C3CC3)CCO2)cc1. The fraction of sp³-hybridized carbons (Fsp3) is 0.533. The summed E-state index contributed by atoms with van der Waals surface area (Å²) in [5.74, 6) is 0.697. The molecule has 1 saturated heterocycles. The van der Waals surface area contributed by atoms with Crippen LogP contribution >= 0.6 is 0 Å². The lowest BCUT2D eigenvalue weighted by atomic mass is 10.1. The Morgan fingerprint density at radius 2 is 2.05 bits per heavy atom. The van der Waals surface area contributed by atoms with Crippen molar-refractivity contribution in [3.05, 3.63) is 41.5 Å². The largest absolute Gasteiger partial charge is 0.371 e. The molecule has 1 saturated carbocycles. The number of rotatable bonds is 4. The average molecular weight is 303 g/mol. The Bertz CT molecular complexity index is 640. The number of halogens is 1. The summed E-state index contributed by atoms with van der Waals surface area (Å²) in [7, 11) is 0. The molecule has 2 aromatic rings. The molecule has 0 N–H and O–H groups in total. The van der Waals surface area contributed by atoms with E-state index in [4.69, 9.17) is 4.74 Å². The van der Waals surface area contributed by atoms with E-state index in [0.717, 1.165) is 31.0 Å². The molecule has 1 unspecified atom stereocenters. The van der Waals surface area contributed by atoms with Gasteiger partial charge in [0.15, 0.2) is 5.82 Å².